The third-order valence-corrected chi connectivity index (χ3v) is 7.10. The van der Waals surface area contributed by atoms with Crippen molar-refractivity contribution in [1.29, 1.82) is 0 Å². The van der Waals surface area contributed by atoms with Gasteiger partial charge in [-0.05, 0) is 79.1 Å². The first-order chi connectivity index (χ1) is 20.6. The predicted molar refractivity (Wildman–Crippen MR) is 162 cm³/mol. The number of benzene rings is 3. The highest BCUT2D eigenvalue weighted by Crippen LogP contribution is 2.30. The Labute approximate surface area is 252 Å². The van der Waals surface area contributed by atoms with E-state index in [4.69, 9.17) is 26.2 Å². The fraction of sp³-hybridized carbons (Fsp3) is 0.273. The first kappa shape index (κ1) is 31.6. The van der Waals surface area contributed by atoms with Gasteiger partial charge in [-0.3, -0.25) is 9.59 Å². The van der Waals surface area contributed by atoms with Crippen molar-refractivity contribution in [3.63, 3.8) is 0 Å². The fourth-order valence-electron chi connectivity index (χ4n) is 4.80. The van der Waals surface area contributed by atoms with Gasteiger partial charge in [-0.15, -0.1) is 0 Å². The van der Waals surface area contributed by atoms with Crippen LogP contribution in [-0.4, -0.2) is 39.9 Å². The largest absolute Gasteiger partial charge is 0.494 e. The minimum absolute atomic E-state index is 0.0265. The van der Waals surface area contributed by atoms with Crippen LogP contribution >= 0.6 is 11.6 Å². The lowest BCUT2D eigenvalue weighted by molar-refractivity contribution is -0.138. The van der Waals surface area contributed by atoms with Crippen LogP contribution in [0.2, 0.25) is 5.02 Å². The van der Waals surface area contributed by atoms with Gasteiger partial charge >= 0.3 is 11.9 Å². The third kappa shape index (κ3) is 8.81. The van der Waals surface area contributed by atoms with E-state index in [9.17, 15) is 23.5 Å². The predicted octanol–water partition coefficient (Wildman–Crippen LogP) is 7.78. The lowest BCUT2D eigenvalue weighted by Gasteiger charge is -2.10. The number of fused-ring (bicyclic) bond motifs is 1. The zero-order valence-electron chi connectivity index (χ0n) is 23.6. The van der Waals surface area contributed by atoms with Gasteiger partial charge in [-0.1, -0.05) is 35.9 Å². The minimum atomic E-state index is -0.959. The summed E-state index contributed by atoms with van der Waals surface area (Å²) in [5.74, 6) is -2.77. The zero-order valence-corrected chi connectivity index (χ0v) is 24.4. The van der Waals surface area contributed by atoms with Crippen molar-refractivity contribution in [3.05, 3.63) is 93.6 Å². The Morgan fingerprint density at radius 1 is 0.930 bits per heavy atom. The number of halogens is 3. The van der Waals surface area contributed by atoms with Crippen molar-refractivity contribution in [2.45, 2.75) is 45.6 Å². The number of aliphatic carboxylic acids is 2. The number of aromatic nitrogens is 1. The van der Waals surface area contributed by atoms with E-state index < -0.39 is 23.6 Å². The van der Waals surface area contributed by atoms with Gasteiger partial charge in [0.15, 0.2) is 0 Å². The Bertz CT molecular complexity index is 1630. The fourth-order valence-corrected chi connectivity index (χ4v) is 4.96. The molecule has 0 fully saturated rings. The summed E-state index contributed by atoms with van der Waals surface area (Å²) in [6.45, 7) is 2.44. The average Bonchev–Trinajstić information content (AvgIpc) is 3.28. The molecule has 0 bridgehead atoms. The molecular weight excluding hydrogens is 580 g/mol. The molecule has 4 rings (SSSR count). The van der Waals surface area contributed by atoms with E-state index in [1.54, 1.807) is 4.57 Å². The second-order valence-corrected chi connectivity index (χ2v) is 10.6. The summed E-state index contributed by atoms with van der Waals surface area (Å²) in [6, 6.07) is 13.3. The molecule has 0 saturated carbocycles. The van der Waals surface area contributed by atoms with Crippen LogP contribution in [0.3, 0.4) is 0 Å². The summed E-state index contributed by atoms with van der Waals surface area (Å²) < 4.78 is 39.7. The molecule has 0 saturated heterocycles. The normalized spacial score (nSPS) is 11.3. The molecule has 43 heavy (non-hydrogen) atoms. The molecule has 1 heterocycles. The minimum Gasteiger partial charge on any atom is -0.494 e. The molecule has 0 unspecified atom stereocenters. The maximum atomic E-state index is 13.5. The highest BCUT2D eigenvalue weighted by molar-refractivity contribution is 6.32. The molecule has 2 N–H and O–H groups in total. The Hall–Kier alpha value is -4.37. The second kappa shape index (κ2) is 14.7. The van der Waals surface area contributed by atoms with Crippen LogP contribution in [0.1, 0.15) is 47.9 Å². The van der Waals surface area contributed by atoms with Crippen LogP contribution in [0.5, 0.6) is 11.5 Å². The van der Waals surface area contributed by atoms with Crippen molar-refractivity contribution in [3.8, 4) is 11.5 Å². The van der Waals surface area contributed by atoms with Gasteiger partial charge < -0.3 is 24.3 Å². The number of rotatable bonds is 15. The SMILES string of the molecule is Cc1cc(/C=C/c2ccc(OCCCCOc3cc(F)cc(F)c3Cl)cc2)c2c(c1)c(CCCC(=O)O)cn2CC(=O)O. The van der Waals surface area contributed by atoms with Crippen LogP contribution in [-0.2, 0) is 22.6 Å². The molecule has 0 radical (unpaired) electrons. The van der Waals surface area contributed by atoms with Crippen molar-refractivity contribution in [2.75, 3.05) is 13.2 Å². The summed E-state index contributed by atoms with van der Waals surface area (Å²) in [6.07, 6.45) is 8.02. The standard InChI is InChI=1S/C33H32ClF2NO6/c1-21-15-23(33-27(16-21)24(5-4-6-30(38)39)19-37(33)20-31(40)41)10-7-22-8-11-26(12-9-22)42-13-2-3-14-43-29-18-25(35)17-28(36)32(29)34/h7-12,15-19H,2-6,13-14,20H2,1H3,(H,38,39)(H,40,41)/b10-7+. The van der Waals surface area contributed by atoms with Gasteiger partial charge in [0.05, 0.1) is 18.7 Å². The third-order valence-electron chi connectivity index (χ3n) is 6.73. The number of hydrogen-bond donors (Lipinski definition) is 2. The summed E-state index contributed by atoms with van der Waals surface area (Å²) in [5.41, 5.74) is 4.53. The van der Waals surface area contributed by atoms with E-state index in [-0.39, 0.29) is 30.3 Å². The van der Waals surface area contributed by atoms with Crippen molar-refractivity contribution < 1.29 is 38.1 Å². The molecular formula is C33H32ClF2NO6. The van der Waals surface area contributed by atoms with E-state index in [1.165, 1.54) is 0 Å². The quantitative estimate of drug-likeness (QED) is 0.0809. The Kier molecular flexibility index (Phi) is 10.8. The maximum absolute atomic E-state index is 13.5. The zero-order chi connectivity index (χ0) is 30.9. The van der Waals surface area contributed by atoms with Gasteiger partial charge in [0.25, 0.3) is 0 Å². The van der Waals surface area contributed by atoms with E-state index in [0.717, 1.165) is 39.2 Å². The van der Waals surface area contributed by atoms with Gasteiger partial charge in [-0.2, -0.15) is 0 Å². The lowest BCUT2D eigenvalue weighted by atomic mass is 10.0. The topological polar surface area (TPSA) is 98.0 Å². The summed E-state index contributed by atoms with van der Waals surface area (Å²) >= 11 is 5.80. The van der Waals surface area contributed by atoms with E-state index >= 15 is 0 Å². The van der Waals surface area contributed by atoms with E-state index in [2.05, 4.69) is 0 Å². The number of nitrogens with zero attached hydrogens (tertiary/aromatic N) is 1. The molecule has 4 aromatic rings. The van der Waals surface area contributed by atoms with Gasteiger partial charge in [0.1, 0.15) is 34.7 Å². The molecule has 7 nitrogen and oxygen atoms in total. The smallest absolute Gasteiger partial charge is 0.323 e. The van der Waals surface area contributed by atoms with Crippen molar-refractivity contribution in [1.82, 2.24) is 4.57 Å². The summed E-state index contributed by atoms with van der Waals surface area (Å²) in [4.78, 5) is 22.6. The number of unbranched alkanes of at least 4 members (excludes halogenated alkanes) is 1. The monoisotopic (exact) mass is 611 g/mol. The number of hydrogen-bond acceptors (Lipinski definition) is 4. The Balaban J connectivity index is 1.37. The Morgan fingerprint density at radius 2 is 1.65 bits per heavy atom. The van der Waals surface area contributed by atoms with Crippen LogP contribution in [0, 0.1) is 18.6 Å². The highest BCUT2D eigenvalue weighted by atomic mass is 35.5. The maximum Gasteiger partial charge on any atom is 0.323 e. The van der Waals surface area contributed by atoms with Gasteiger partial charge in [0, 0.05) is 30.1 Å². The molecule has 3 aromatic carbocycles. The second-order valence-electron chi connectivity index (χ2n) is 10.2. The number of carboxylic acid groups (broad SMARTS) is 2. The number of carbonyl (C=O) groups is 2. The highest BCUT2D eigenvalue weighted by Gasteiger charge is 2.15. The van der Waals surface area contributed by atoms with Crippen molar-refractivity contribution in [2.24, 2.45) is 0 Å². The number of carboxylic acids is 2. The summed E-state index contributed by atoms with van der Waals surface area (Å²) in [7, 11) is 0. The number of aryl methyl sites for hydroxylation is 2. The van der Waals surface area contributed by atoms with E-state index in [1.807, 2.05) is 61.7 Å². The molecule has 10 heteroatoms. The average molecular weight is 612 g/mol. The van der Waals surface area contributed by atoms with Crippen LogP contribution in [0.15, 0.2) is 54.7 Å². The van der Waals surface area contributed by atoms with Crippen LogP contribution < -0.4 is 9.47 Å². The molecule has 0 aliphatic heterocycles. The molecule has 0 amide bonds. The Morgan fingerprint density at radius 3 is 2.35 bits per heavy atom. The molecule has 0 aliphatic carbocycles. The van der Waals surface area contributed by atoms with Gasteiger partial charge in [0.2, 0.25) is 0 Å². The molecule has 226 valence electrons. The van der Waals surface area contributed by atoms with E-state index in [0.29, 0.717) is 44.1 Å². The lowest BCUT2D eigenvalue weighted by Crippen LogP contribution is -2.08. The first-order valence-electron chi connectivity index (χ1n) is 13.8. The molecule has 0 atom stereocenters. The first-order valence-corrected chi connectivity index (χ1v) is 14.2. The van der Waals surface area contributed by atoms with Gasteiger partial charge in [-0.25, -0.2) is 8.78 Å². The molecule has 1 aromatic heterocycles. The molecule has 0 spiro atoms. The summed E-state index contributed by atoms with van der Waals surface area (Å²) in [5, 5.41) is 19.2. The van der Waals surface area contributed by atoms with Crippen molar-refractivity contribution >= 4 is 46.6 Å². The number of ether oxygens (including phenoxy) is 2. The van der Waals surface area contributed by atoms with Crippen LogP contribution in [0.4, 0.5) is 8.78 Å². The molecule has 0 aliphatic rings. The van der Waals surface area contributed by atoms with Crippen LogP contribution in [0.25, 0.3) is 23.1 Å².